The second-order valence-electron chi connectivity index (χ2n) is 4.69. The molecule has 0 bridgehead atoms. The van der Waals surface area contributed by atoms with Gasteiger partial charge in [-0.3, -0.25) is 0 Å². The van der Waals surface area contributed by atoms with E-state index in [1.54, 1.807) is 12.1 Å². The summed E-state index contributed by atoms with van der Waals surface area (Å²) >= 11 is 0. The summed E-state index contributed by atoms with van der Waals surface area (Å²) in [4.78, 5) is 0.178. The lowest BCUT2D eigenvalue weighted by Gasteiger charge is -2.11. The second-order valence-corrected chi connectivity index (χ2v) is 6.46. The van der Waals surface area contributed by atoms with Crippen molar-refractivity contribution in [2.45, 2.75) is 24.3 Å². The molecule has 22 heavy (non-hydrogen) atoms. The monoisotopic (exact) mass is 332 g/mol. The van der Waals surface area contributed by atoms with Gasteiger partial charge in [-0.05, 0) is 37.6 Å². The number of sulfonamides is 1. The minimum atomic E-state index is -3.52. The SMILES string of the molecule is CCOCCCNS(=O)(=O)c1ccc(NCC(O)CO)cc1. The number of hydrogen-bond donors (Lipinski definition) is 4. The predicted molar refractivity (Wildman–Crippen MR) is 84.3 cm³/mol. The molecule has 7 nitrogen and oxygen atoms in total. The molecule has 0 saturated heterocycles. The van der Waals surface area contributed by atoms with Crippen LogP contribution in [0.15, 0.2) is 29.2 Å². The van der Waals surface area contributed by atoms with Crippen LogP contribution in [0, 0.1) is 0 Å². The van der Waals surface area contributed by atoms with Gasteiger partial charge < -0.3 is 20.3 Å². The summed E-state index contributed by atoms with van der Waals surface area (Å²) in [6.45, 7) is 3.22. The number of rotatable bonds is 11. The molecule has 0 aliphatic heterocycles. The molecule has 4 N–H and O–H groups in total. The van der Waals surface area contributed by atoms with Crippen LogP contribution in [-0.2, 0) is 14.8 Å². The van der Waals surface area contributed by atoms with Crippen LogP contribution in [-0.4, -0.2) is 57.6 Å². The van der Waals surface area contributed by atoms with Crippen molar-refractivity contribution >= 4 is 15.7 Å². The molecule has 0 spiro atoms. The van der Waals surface area contributed by atoms with Crippen molar-refractivity contribution in [2.24, 2.45) is 0 Å². The highest BCUT2D eigenvalue weighted by Crippen LogP contribution is 2.14. The summed E-state index contributed by atoms with van der Waals surface area (Å²) in [7, 11) is -3.52. The molecular weight excluding hydrogens is 308 g/mol. The molecule has 0 amide bonds. The number of aliphatic hydroxyl groups is 2. The largest absolute Gasteiger partial charge is 0.394 e. The molecule has 1 rings (SSSR count). The van der Waals surface area contributed by atoms with E-state index in [0.29, 0.717) is 31.9 Å². The quantitative estimate of drug-likeness (QED) is 0.430. The van der Waals surface area contributed by atoms with Crippen molar-refractivity contribution in [1.29, 1.82) is 0 Å². The fraction of sp³-hybridized carbons (Fsp3) is 0.571. The molecule has 1 atom stereocenters. The van der Waals surface area contributed by atoms with Crippen LogP contribution in [0.3, 0.4) is 0 Å². The van der Waals surface area contributed by atoms with Crippen LogP contribution in [0.5, 0.6) is 0 Å². The Morgan fingerprint density at radius 1 is 1.27 bits per heavy atom. The van der Waals surface area contributed by atoms with E-state index in [2.05, 4.69) is 10.0 Å². The first kappa shape index (κ1) is 18.9. The topological polar surface area (TPSA) is 108 Å². The minimum Gasteiger partial charge on any atom is -0.394 e. The molecular formula is C14H24N2O5S. The van der Waals surface area contributed by atoms with Crippen molar-refractivity contribution in [3.8, 4) is 0 Å². The molecule has 0 aromatic heterocycles. The third kappa shape index (κ3) is 6.71. The second kappa shape index (κ2) is 9.75. The van der Waals surface area contributed by atoms with Gasteiger partial charge >= 0.3 is 0 Å². The van der Waals surface area contributed by atoms with E-state index in [4.69, 9.17) is 9.84 Å². The Bertz CT molecular complexity index is 519. The maximum absolute atomic E-state index is 12.0. The Labute approximate surface area is 131 Å². The van der Waals surface area contributed by atoms with Crippen LogP contribution in [0.1, 0.15) is 13.3 Å². The first-order valence-electron chi connectivity index (χ1n) is 7.20. The summed E-state index contributed by atoms with van der Waals surface area (Å²) < 4.78 is 31.7. The zero-order valence-corrected chi connectivity index (χ0v) is 13.5. The van der Waals surface area contributed by atoms with E-state index in [9.17, 15) is 13.5 Å². The number of ether oxygens (including phenoxy) is 1. The zero-order valence-electron chi connectivity index (χ0n) is 12.7. The molecule has 1 aromatic rings. The minimum absolute atomic E-state index is 0.178. The van der Waals surface area contributed by atoms with Gasteiger partial charge in [0.1, 0.15) is 0 Å². The van der Waals surface area contributed by atoms with Crippen molar-refractivity contribution < 1.29 is 23.4 Å². The van der Waals surface area contributed by atoms with E-state index in [1.807, 2.05) is 6.92 Å². The molecule has 1 unspecified atom stereocenters. The summed E-state index contributed by atoms with van der Waals surface area (Å²) in [5.41, 5.74) is 0.669. The summed E-state index contributed by atoms with van der Waals surface area (Å²) in [5, 5.41) is 20.8. The average Bonchev–Trinajstić information content (AvgIpc) is 2.52. The maximum Gasteiger partial charge on any atom is 0.240 e. The van der Waals surface area contributed by atoms with Crippen molar-refractivity contribution in [3.63, 3.8) is 0 Å². The molecule has 0 aliphatic rings. The molecule has 0 heterocycles. The number of benzene rings is 1. The van der Waals surface area contributed by atoms with Crippen LogP contribution in [0.2, 0.25) is 0 Å². The Balaban J connectivity index is 2.50. The van der Waals surface area contributed by atoms with Crippen molar-refractivity contribution in [1.82, 2.24) is 4.72 Å². The van der Waals surface area contributed by atoms with Gasteiger partial charge in [-0.1, -0.05) is 0 Å². The Kier molecular flexibility index (Phi) is 8.36. The normalized spacial score (nSPS) is 13.0. The van der Waals surface area contributed by atoms with Gasteiger partial charge in [0.15, 0.2) is 0 Å². The number of hydrogen-bond acceptors (Lipinski definition) is 6. The smallest absolute Gasteiger partial charge is 0.240 e. The highest BCUT2D eigenvalue weighted by Gasteiger charge is 2.13. The summed E-state index contributed by atoms with van der Waals surface area (Å²) in [6, 6.07) is 6.19. The number of aliphatic hydroxyl groups excluding tert-OH is 2. The Morgan fingerprint density at radius 2 is 1.95 bits per heavy atom. The van der Waals surface area contributed by atoms with Crippen molar-refractivity contribution in [2.75, 3.05) is 38.2 Å². The van der Waals surface area contributed by atoms with E-state index in [0.717, 1.165) is 0 Å². The van der Waals surface area contributed by atoms with Gasteiger partial charge in [0, 0.05) is 32.0 Å². The first-order valence-corrected chi connectivity index (χ1v) is 8.68. The van der Waals surface area contributed by atoms with E-state index < -0.39 is 16.1 Å². The van der Waals surface area contributed by atoms with Crippen LogP contribution < -0.4 is 10.0 Å². The fourth-order valence-corrected chi connectivity index (χ4v) is 2.73. The highest BCUT2D eigenvalue weighted by molar-refractivity contribution is 7.89. The van der Waals surface area contributed by atoms with E-state index >= 15 is 0 Å². The predicted octanol–water partition coefficient (Wildman–Crippen LogP) is 0.157. The van der Waals surface area contributed by atoms with Crippen molar-refractivity contribution in [3.05, 3.63) is 24.3 Å². The lowest BCUT2D eigenvalue weighted by atomic mass is 10.3. The maximum atomic E-state index is 12.0. The van der Waals surface area contributed by atoms with Gasteiger partial charge in [-0.25, -0.2) is 13.1 Å². The fourth-order valence-electron chi connectivity index (χ4n) is 1.66. The molecule has 0 fully saturated rings. The lowest BCUT2D eigenvalue weighted by Crippen LogP contribution is -2.25. The first-order chi connectivity index (χ1) is 10.5. The van der Waals surface area contributed by atoms with Crippen LogP contribution in [0.4, 0.5) is 5.69 Å². The van der Waals surface area contributed by atoms with E-state index in [-0.39, 0.29) is 18.0 Å². The molecule has 126 valence electrons. The zero-order chi connectivity index (χ0) is 16.4. The van der Waals surface area contributed by atoms with Gasteiger partial charge in [-0.15, -0.1) is 0 Å². The Morgan fingerprint density at radius 3 is 2.55 bits per heavy atom. The molecule has 0 aliphatic carbocycles. The third-order valence-corrected chi connectivity index (χ3v) is 4.36. The highest BCUT2D eigenvalue weighted by atomic mass is 32.2. The van der Waals surface area contributed by atoms with Gasteiger partial charge in [-0.2, -0.15) is 0 Å². The molecule has 1 aromatic carbocycles. The van der Waals surface area contributed by atoms with Crippen LogP contribution in [0.25, 0.3) is 0 Å². The van der Waals surface area contributed by atoms with Crippen LogP contribution >= 0.6 is 0 Å². The average molecular weight is 332 g/mol. The molecule has 0 radical (unpaired) electrons. The summed E-state index contributed by atoms with van der Waals surface area (Å²) in [5.74, 6) is 0. The number of nitrogens with one attached hydrogen (secondary N) is 2. The van der Waals surface area contributed by atoms with Gasteiger partial charge in [0.25, 0.3) is 0 Å². The summed E-state index contributed by atoms with van der Waals surface area (Å²) in [6.07, 6.45) is -0.235. The van der Waals surface area contributed by atoms with E-state index in [1.165, 1.54) is 12.1 Å². The van der Waals surface area contributed by atoms with Gasteiger partial charge in [0.05, 0.1) is 17.6 Å². The standard InChI is InChI=1S/C14H24N2O5S/c1-2-21-9-3-8-16-22(19,20)14-6-4-12(5-7-14)15-10-13(18)11-17/h4-7,13,15-18H,2-3,8-11H2,1H3. The van der Waals surface area contributed by atoms with Gasteiger partial charge in [0.2, 0.25) is 10.0 Å². The number of anilines is 1. The lowest BCUT2D eigenvalue weighted by molar-refractivity contribution is 0.105. The Hall–Kier alpha value is -1.19. The third-order valence-electron chi connectivity index (χ3n) is 2.88. The molecule has 8 heteroatoms. The molecule has 0 saturated carbocycles.